The lowest BCUT2D eigenvalue weighted by atomic mass is 9.95. The molecule has 3 amide bonds. The lowest BCUT2D eigenvalue weighted by Crippen LogP contribution is -2.50. The van der Waals surface area contributed by atoms with E-state index < -0.39 is 18.2 Å². The Labute approximate surface area is 228 Å². The van der Waals surface area contributed by atoms with E-state index in [1.165, 1.54) is 0 Å². The average molecular weight is 542 g/mol. The first-order chi connectivity index (χ1) is 18.5. The molecule has 2 aliphatic rings. The van der Waals surface area contributed by atoms with Crippen LogP contribution in [0.5, 0.6) is 0 Å². The highest BCUT2D eigenvalue weighted by atomic mass is 32.1. The van der Waals surface area contributed by atoms with Crippen LogP contribution in [-0.4, -0.2) is 55.2 Å². The SMILES string of the molecule is CN1CCCC=CCCCC(CC(=O)NO[C@H]2CCCCO2)C(=O)NC(Cc2csc3ccccc23)C1=O. The molecule has 206 valence electrons. The molecule has 3 heterocycles. The summed E-state index contributed by atoms with van der Waals surface area (Å²) in [6, 6.07) is 7.39. The van der Waals surface area contributed by atoms with E-state index in [1.807, 2.05) is 12.1 Å². The third kappa shape index (κ3) is 8.12. The highest BCUT2D eigenvalue weighted by Crippen LogP contribution is 2.27. The van der Waals surface area contributed by atoms with Crippen LogP contribution in [-0.2, 0) is 30.4 Å². The largest absolute Gasteiger partial charge is 0.350 e. The van der Waals surface area contributed by atoms with E-state index in [0.29, 0.717) is 26.0 Å². The number of carbonyl (C=O) groups excluding carboxylic acids is 3. The summed E-state index contributed by atoms with van der Waals surface area (Å²) in [4.78, 5) is 46.9. The number of amides is 3. The second kappa shape index (κ2) is 14.4. The molecule has 2 aromatic rings. The zero-order chi connectivity index (χ0) is 26.7. The third-order valence-electron chi connectivity index (χ3n) is 7.18. The van der Waals surface area contributed by atoms with Gasteiger partial charge in [0.05, 0.1) is 0 Å². The van der Waals surface area contributed by atoms with Gasteiger partial charge in [-0.05, 0) is 67.3 Å². The molecule has 3 atom stereocenters. The number of benzene rings is 1. The van der Waals surface area contributed by atoms with Gasteiger partial charge < -0.3 is 15.0 Å². The number of hydroxylamine groups is 1. The quantitative estimate of drug-likeness (QED) is 0.415. The predicted molar refractivity (Wildman–Crippen MR) is 148 cm³/mol. The highest BCUT2D eigenvalue weighted by Gasteiger charge is 2.30. The number of fused-ring (bicyclic) bond motifs is 1. The predicted octanol–water partition coefficient (Wildman–Crippen LogP) is 4.49. The first-order valence-corrected chi connectivity index (χ1v) is 14.6. The third-order valence-corrected chi connectivity index (χ3v) is 8.19. The number of hydrogen-bond donors (Lipinski definition) is 2. The van der Waals surface area contributed by atoms with Crippen LogP contribution in [0.3, 0.4) is 0 Å². The normalized spacial score (nSPS) is 24.1. The Bertz CT molecular complexity index is 1110. The van der Waals surface area contributed by atoms with Crippen LogP contribution in [0.4, 0.5) is 0 Å². The van der Waals surface area contributed by atoms with Gasteiger partial charge in [-0.25, -0.2) is 10.3 Å². The molecule has 2 N–H and O–H groups in total. The van der Waals surface area contributed by atoms with E-state index in [2.05, 4.69) is 40.5 Å². The lowest BCUT2D eigenvalue weighted by Gasteiger charge is -2.27. The van der Waals surface area contributed by atoms with Crippen LogP contribution in [0, 0.1) is 5.92 Å². The summed E-state index contributed by atoms with van der Waals surface area (Å²) < 4.78 is 6.66. The molecule has 0 aliphatic carbocycles. The fourth-order valence-electron chi connectivity index (χ4n) is 4.97. The Kier molecular flexibility index (Phi) is 10.7. The van der Waals surface area contributed by atoms with Crippen molar-refractivity contribution < 1.29 is 24.0 Å². The summed E-state index contributed by atoms with van der Waals surface area (Å²) in [5.74, 6) is -1.32. The van der Waals surface area contributed by atoms with Crippen molar-refractivity contribution in [3.63, 3.8) is 0 Å². The average Bonchev–Trinajstić information content (AvgIpc) is 3.34. The zero-order valence-electron chi connectivity index (χ0n) is 22.2. The lowest BCUT2D eigenvalue weighted by molar-refractivity contribution is -0.200. The van der Waals surface area contributed by atoms with Crippen LogP contribution in [0.1, 0.15) is 63.4 Å². The van der Waals surface area contributed by atoms with Gasteiger partial charge >= 0.3 is 0 Å². The molecule has 4 rings (SSSR count). The Balaban J connectivity index is 1.48. The molecule has 1 fully saturated rings. The van der Waals surface area contributed by atoms with Gasteiger partial charge in [-0.15, -0.1) is 11.3 Å². The van der Waals surface area contributed by atoms with Gasteiger partial charge in [0.1, 0.15) is 6.04 Å². The number of nitrogens with one attached hydrogen (secondary N) is 2. The van der Waals surface area contributed by atoms with Crippen molar-refractivity contribution in [2.45, 2.75) is 76.5 Å². The molecule has 8 nitrogen and oxygen atoms in total. The van der Waals surface area contributed by atoms with Gasteiger partial charge in [0.2, 0.25) is 17.7 Å². The van der Waals surface area contributed by atoms with E-state index in [-0.39, 0.29) is 24.1 Å². The first-order valence-electron chi connectivity index (χ1n) is 13.7. The molecule has 0 spiro atoms. The maximum absolute atomic E-state index is 13.5. The summed E-state index contributed by atoms with van der Waals surface area (Å²) in [5, 5.41) is 6.19. The van der Waals surface area contributed by atoms with Crippen LogP contribution >= 0.6 is 11.3 Å². The van der Waals surface area contributed by atoms with Crippen molar-refractivity contribution in [3.8, 4) is 0 Å². The minimum absolute atomic E-state index is 0.0135. The Morgan fingerprint density at radius 2 is 1.95 bits per heavy atom. The standard InChI is InChI=1S/C29H39N3O5S/c1-32-16-10-5-3-2-4-6-12-21(19-26(33)31-37-27-15-9-11-17-36-27)28(34)30-24(29(32)35)18-22-20-38-25-14-8-7-13-23(22)25/h2-3,7-8,13-14,20-21,24,27H,4-6,9-12,15-19H2,1H3,(H,30,34)(H,31,33)/t21?,24?,27-/m0/s1. The minimum Gasteiger partial charge on any atom is -0.350 e. The molecular formula is C29H39N3O5S. The molecule has 9 heteroatoms. The van der Waals surface area contributed by atoms with E-state index in [9.17, 15) is 14.4 Å². The number of rotatable bonds is 6. The monoisotopic (exact) mass is 541 g/mol. The van der Waals surface area contributed by atoms with Crippen LogP contribution in [0.25, 0.3) is 10.1 Å². The van der Waals surface area contributed by atoms with Gasteiger partial charge in [-0.2, -0.15) is 0 Å². The molecule has 0 saturated carbocycles. The molecule has 38 heavy (non-hydrogen) atoms. The van der Waals surface area contributed by atoms with Crippen molar-refractivity contribution in [3.05, 3.63) is 47.4 Å². The summed E-state index contributed by atoms with van der Waals surface area (Å²) >= 11 is 1.64. The first kappa shape index (κ1) is 28.3. The fourth-order valence-corrected chi connectivity index (χ4v) is 5.94. The molecular weight excluding hydrogens is 502 g/mol. The summed E-state index contributed by atoms with van der Waals surface area (Å²) in [7, 11) is 1.79. The zero-order valence-corrected chi connectivity index (χ0v) is 23.0. The number of hydrogen-bond acceptors (Lipinski definition) is 6. The summed E-state index contributed by atoms with van der Waals surface area (Å²) in [5.41, 5.74) is 3.52. The molecule has 1 saturated heterocycles. The van der Waals surface area contributed by atoms with E-state index in [1.54, 1.807) is 23.3 Å². The second-order valence-corrected chi connectivity index (χ2v) is 11.1. The van der Waals surface area contributed by atoms with Crippen LogP contribution in [0.15, 0.2) is 41.8 Å². The minimum atomic E-state index is -0.707. The molecule has 1 aromatic carbocycles. The van der Waals surface area contributed by atoms with Crippen molar-refractivity contribution in [2.75, 3.05) is 20.2 Å². The number of carbonyl (C=O) groups is 3. The maximum Gasteiger partial charge on any atom is 0.245 e. The van der Waals surface area contributed by atoms with Gasteiger partial charge in [0, 0.05) is 50.1 Å². The number of allylic oxidation sites excluding steroid dienone is 2. The van der Waals surface area contributed by atoms with Crippen molar-refractivity contribution >= 4 is 39.1 Å². The van der Waals surface area contributed by atoms with E-state index >= 15 is 0 Å². The van der Waals surface area contributed by atoms with Gasteiger partial charge in [0.15, 0.2) is 6.29 Å². The summed E-state index contributed by atoms with van der Waals surface area (Å²) in [6.45, 7) is 1.23. The van der Waals surface area contributed by atoms with E-state index in [0.717, 1.165) is 60.6 Å². The van der Waals surface area contributed by atoms with Crippen molar-refractivity contribution in [2.24, 2.45) is 5.92 Å². The van der Waals surface area contributed by atoms with Gasteiger partial charge in [-0.3, -0.25) is 14.4 Å². The van der Waals surface area contributed by atoms with Crippen LogP contribution in [0.2, 0.25) is 0 Å². The highest BCUT2D eigenvalue weighted by molar-refractivity contribution is 7.17. The molecule has 1 aromatic heterocycles. The Hall–Kier alpha value is -2.75. The molecule has 0 bridgehead atoms. The maximum atomic E-state index is 13.5. The molecule has 2 unspecified atom stereocenters. The number of nitrogens with zero attached hydrogens (tertiary/aromatic N) is 1. The number of ether oxygens (including phenoxy) is 1. The number of likely N-dealkylation sites (N-methyl/N-ethyl adjacent to an activating group) is 1. The topological polar surface area (TPSA) is 97.0 Å². The molecule has 0 radical (unpaired) electrons. The summed E-state index contributed by atoms with van der Waals surface area (Å²) in [6.07, 6.45) is 10.8. The van der Waals surface area contributed by atoms with E-state index in [4.69, 9.17) is 9.57 Å². The Morgan fingerprint density at radius 1 is 1.13 bits per heavy atom. The van der Waals surface area contributed by atoms with Gasteiger partial charge in [0.25, 0.3) is 0 Å². The number of thiophene rings is 1. The Morgan fingerprint density at radius 3 is 2.76 bits per heavy atom. The molecule has 2 aliphatic heterocycles. The fraction of sp³-hybridized carbons (Fsp3) is 0.552. The van der Waals surface area contributed by atoms with Crippen molar-refractivity contribution in [1.82, 2.24) is 15.7 Å². The van der Waals surface area contributed by atoms with Crippen molar-refractivity contribution in [1.29, 1.82) is 0 Å². The second-order valence-electron chi connectivity index (χ2n) is 10.2. The van der Waals surface area contributed by atoms with Gasteiger partial charge in [-0.1, -0.05) is 30.4 Å². The van der Waals surface area contributed by atoms with Crippen LogP contribution < -0.4 is 10.8 Å². The smallest absolute Gasteiger partial charge is 0.245 e.